The highest BCUT2D eigenvalue weighted by atomic mass is 16.7. The van der Waals surface area contributed by atoms with Crippen molar-refractivity contribution >= 4 is 5.97 Å². The van der Waals surface area contributed by atoms with Gasteiger partial charge in [0.25, 0.3) is 0 Å². The molecule has 2 aliphatic heterocycles. The Morgan fingerprint density at radius 2 is 1.13 bits per heavy atom. The van der Waals surface area contributed by atoms with Gasteiger partial charge in [0.05, 0.1) is 26.4 Å². The van der Waals surface area contributed by atoms with Crippen LogP contribution < -0.4 is 0 Å². The van der Waals surface area contributed by atoms with Crippen LogP contribution in [0, 0.1) is 0 Å². The summed E-state index contributed by atoms with van der Waals surface area (Å²) in [7, 11) is 0. The van der Waals surface area contributed by atoms with Crippen LogP contribution in [-0.2, 0) is 33.2 Å². The van der Waals surface area contributed by atoms with Gasteiger partial charge in [0, 0.05) is 13.0 Å². The zero-order chi connectivity index (χ0) is 38.1. The first-order chi connectivity index (χ1) is 25.1. The lowest BCUT2D eigenvalue weighted by atomic mass is 9.98. The normalized spacial score (nSPS) is 30.2. The van der Waals surface area contributed by atoms with E-state index in [-0.39, 0.29) is 19.6 Å². The van der Waals surface area contributed by atoms with Crippen LogP contribution in [0.5, 0.6) is 0 Å². The number of carbonyl (C=O) groups is 1. The molecule has 2 fully saturated rings. The number of esters is 1. The molecule has 11 atom stereocenters. The highest BCUT2D eigenvalue weighted by Gasteiger charge is 2.47. The summed E-state index contributed by atoms with van der Waals surface area (Å²) < 4.78 is 33.8. The fourth-order valence-corrected chi connectivity index (χ4v) is 6.16. The van der Waals surface area contributed by atoms with Gasteiger partial charge in [-0.3, -0.25) is 4.79 Å². The molecule has 0 aromatic rings. The van der Waals surface area contributed by atoms with Crippen molar-refractivity contribution in [3.8, 4) is 0 Å². The summed E-state index contributed by atoms with van der Waals surface area (Å²) in [5, 5.41) is 71.5. The third-order valence-corrected chi connectivity index (χ3v) is 9.52. The second-order valence-electron chi connectivity index (χ2n) is 14.1. The molecule has 52 heavy (non-hydrogen) atoms. The molecule has 2 saturated heterocycles. The van der Waals surface area contributed by atoms with Crippen molar-refractivity contribution < 1.29 is 69.0 Å². The second kappa shape index (κ2) is 28.2. The van der Waals surface area contributed by atoms with Gasteiger partial charge < -0.3 is 64.2 Å². The number of aliphatic hydroxyl groups is 7. The molecular weight excluding hydrogens is 680 g/mol. The van der Waals surface area contributed by atoms with Crippen molar-refractivity contribution in [1.82, 2.24) is 0 Å². The standard InChI is InChI=1S/C38H70O14/c1-3-5-7-9-11-12-13-14-15-16-17-19-21-30(40)50-27(24-47-22-20-18-10-8-6-4-2)25-48-37-36(46)34(44)32(42)29(52-37)26-49-38-35(45)33(43)31(41)28(23-39)51-38/h11-12,27-29,31-39,41-46H,3-10,13-26H2,1-2H3/b12-11-. The topological polar surface area (TPSA) is 214 Å². The van der Waals surface area contributed by atoms with E-state index in [1.165, 1.54) is 38.5 Å². The molecule has 14 nitrogen and oxygen atoms in total. The van der Waals surface area contributed by atoms with Crippen LogP contribution in [0.2, 0.25) is 0 Å². The number of allylic oxidation sites excluding steroid dienone is 2. The summed E-state index contributed by atoms with van der Waals surface area (Å²) in [6, 6.07) is 0. The van der Waals surface area contributed by atoms with Crippen LogP contribution >= 0.6 is 0 Å². The van der Waals surface area contributed by atoms with Gasteiger partial charge in [0.2, 0.25) is 0 Å². The summed E-state index contributed by atoms with van der Waals surface area (Å²) in [5.41, 5.74) is 0. The number of carbonyl (C=O) groups excluding carboxylic acids is 1. The highest BCUT2D eigenvalue weighted by Crippen LogP contribution is 2.26. The fourth-order valence-electron chi connectivity index (χ4n) is 6.16. The van der Waals surface area contributed by atoms with Gasteiger partial charge in [-0.2, -0.15) is 0 Å². The van der Waals surface area contributed by atoms with E-state index in [2.05, 4.69) is 26.0 Å². The quantitative estimate of drug-likeness (QED) is 0.0333. The lowest BCUT2D eigenvalue weighted by Gasteiger charge is -2.42. The highest BCUT2D eigenvalue weighted by molar-refractivity contribution is 5.69. The summed E-state index contributed by atoms with van der Waals surface area (Å²) in [6.45, 7) is 3.56. The number of aliphatic hydroxyl groups excluding tert-OH is 7. The molecule has 0 spiro atoms. The SMILES string of the molecule is CCCCC/C=C\CCCCCCCC(=O)OC(COCCCCCCCC)COC1OC(COC2OC(CO)C(O)C(O)C2O)C(O)C(O)C1O. The first kappa shape index (κ1) is 46.9. The zero-order valence-electron chi connectivity index (χ0n) is 31.6. The van der Waals surface area contributed by atoms with Gasteiger partial charge in [-0.15, -0.1) is 0 Å². The molecular formula is C38H70O14. The molecule has 0 bridgehead atoms. The molecule has 306 valence electrons. The first-order valence-electron chi connectivity index (χ1n) is 19.8. The Morgan fingerprint density at radius 3 is 1.79 bits per heavy atom. The minimum absolute atomic E-state index is 0.0598. The van der Waals surface area contributed by atoms with E-state index in [0.717, 1.165) is 57.8 Å². The van der Waals surface area contributed by atoms with E-state index < -0.39 is 86.7 Å². The first-order valence-corrected chi connectivity index (χ1v) is 19.8. The summed E-state index contributed by atoms with van der Waals surface area (Å²) >= 11 is 0. The molecule has 2 rings (SSSR count). The minimum Gasteiger partial charge on any atom is -0.457 e. The Labute approximate surface area is 310 Å². The average molecular weight is 751 g/mol. The van der Waals surface area contributed by atoms with Gasteiger partial charge in [-0.25, -0.2) is 0 Å². The summed E-state index contributed by atoms with van der Waals surface area (Å²) in [5.74, 6) is -0.391. The van der Waals surface area contributed by atoms with Crippen molar-refractivity contribution in [1.29, 1.82) is 0 Å². The predicted molar refractivity (Wildman–Crippen MR) is 192 cm³/mol. The van der Waals surface area contributed by atoms with Gasteiger partial charge in [0.1, 0.15) is 54.9 Å². The molecule has 14 heteroatoms. The Bertz CT molecular complexity index is 922. The van der Waals surface area contributed by atoms with Crippen molar-refractivity contribution in [3.05, 3.63) is 12.2 Å². The van der Waals surface area contributed by atoms with Gasteiger partial charge in [-0.05, 0) is 38.5 Å². The van der Waals surface area contributed by atoms with Crippen LogP contribution in [-0.4, -0.2) is 142 Å². The van der Waals surface area contributed by atoms with E-state index in [1.54, 1.807) is 0 Å². The molecule has 0 aromatic heterocycles. The molecule has 0 aliphatic carbocycles. The van der Waals surface area contributed by atoms with Gasteiger partial charge in [0.15, 0.2) is 12.6 Å². The number of hydrogen-bond donors (Lipinski definition) is 7. The van der Waals surface area contributed by atoms with Crippen molar-refractivity contribution in [2.75, 3.05) is 33.0 Å². The van der Waals surface area contributed by atoms with Gasteiger partial charge in [-0.1, -0.05) is 90.2 Å². The Hall–Kier alpha value is -1.27. The van der Waals surface area contributed by atoms with Crippen LogP contribution in [0.1, 0.15) is 123 Å². The van der Waals surface area contributed by atoms with Crippen LogP contribution in [0.3, 0.4) is 0 Å². The minimum atomic E-state index is -1.70. The second-order valence-corrected chi connectivity index (χ2v) is 14.1. The van der Waals surface area contributed by atoms with Crippen molar-refractivity contribution in [2.45, 2.75) is 191 Å². The molecule has 2 aliphatic rings. The van der Waals surface area contributed by atoms with Crippen LogP contribution in [0.15, 0.2) is 12.2 Å². The molecule has 7 N–H and O–H groups in total. The maximum absolute atomic E-state index is 12.8. The predicted octanol–water partition coefficient (Wildman–Crippen LogP) is 2.78. The molecule has 0 amide bonds. The molecule has 0 radical (unpaired) electrons. The summed E-state index contributed by atoms with van der Waals surface area (Å²) in [6.07, 6.45) is 6.08. The smallest absolute Gasteiger partial charge is 0.306 e. The van der Waals surface area contributed by atoms with Crippen LogP contribution in [0.25, 0.3) is 0 Å². The third-order valence-electron chi connectivity index (χ3n) is 9.52. The number of rotatable bonds is 29. The lowest BCUT2D eigenvalue weighted by molar-refractivity contribution is -0.332. The fraction of sp³-hybridized carbons (Fsp3) is 0.921. The Balaban J connectivity index is 1.85. The number of ether oxygens (including phenoxy) is 6. The monoisotopic (exact) mass is 750 g/mol. The maximum atomic E-state index is 12.8. The molecule has 11 unspecified atom stereocenters. The van der Waals surface area contributed by atoms with E-state index in [1.807, 2.05) is 0 Å². The van der Waals surface area contributed by atoms with Crippen molar-refractivity contribution in [3.63, 3.8) is 0 Å². The largest absolute Gasteiger partial charge is 0.457 e. The molecule has 0 saturated carbocycles. The van der Waals surface area contributed by atoms with E-state index in [4.69, 9.17) is 28.4 Å². The zero-order valence-corrected chi connectivity index (χ0v) is 31.6. The Morgan fingerprint density at radius 1 is 0.615 bits per heavy atom. The molecule has 0 aromatic carbocycles. The van der Waals surface area contributed by atoms with E-state index in [0.29, 0.717) is 13.0 Å². The van der Waals surface area contributed by atoms with Gasteiger partial charge >= 0.3 is 5.97 Å². The molecule has 2 heterocycles. The maximum Gasteiger partial charge on any atom is 0.306 e. The number of unbranched alkanes of at least 4 members (excludes halogenated alkanes) is 13. The van der Waals surface area contributed by atoms with E-state index in [9.17, 15) is 40.5 Å². The summed E-state index contributed by atoms with van der Waals surface area (Å²) in [4.78, 5) is 12.8. The average Bonchev–Trinajstić information content (AvgIpc) is 3.14. The third kappa shape index (κ3) is 17.9. The van der Waals surface area contributed by atoms with Crippen molar-refractivity contribution in [2.24, 2.45) is 0 Å². The van der Waals surface area contributed by atoms with Crippen LogP contribution in [0.4, 0.5) is 0 Å². The Kier molecular flexibility index (Phi) is 25.4. The van der Waals surface area contributed by atoms with E-state index >= 15 is 0 Å². The number of hydrogen-bond acceptors (Lipinski definition) is 14. The lowest BCUT2D eigenvalue weighted by Crippen LogP contribution is -2.61.